The van der Waals surface area contributed by atoms with Gasteiger partial charge in [-0.15, -0.1) is 0 Å². The fraction of sp³-hybridized carbons (Fsp3) is 0.143. The van der Waals surface area contributed by atoms with Crippen molar-refractivity contribution in [3.63, 3.8) is 0 Å². The molecule has 0 atom stereocenters. The molecule has 0 N–H and O–H groups in total. The molecule has 0 unspecified atom stereocenters. The molecule has 0 aliphatic rings. The monoisotopic (exact) mass is 215 g/mol. The van der Waals surface area contributed by atoms with Gasteiger partial charge < -0.3 is 0 Å². The van der Waals surface area contributed by atoms with Gasteiger partial charge in [-0.1, -0.05) is 34.3 Å². The molecule has 1 nitrogen and oxygen atoms in total. The zero-order valence-corrected chi connectivity index (χ0v) is 9.44. The highest BCUT2D eigenvalue weighted by molar-refractivity contribution is 5.61. The lowest BCUT2D eigenvalue weighted by Gasteiger charge is -2.14. The summed E-state index contributed by atoms with van der Waals surface area (Å²) in [4.78, 5) is 0. The van der Waals surface area contributed by atoms with Crippen LogP contribution in [0, 0.1) is 13.8 Å². The molecule has 0 aromatic heterocycles. The van der Waals surface area contributed by atoms with Crippen molar-refractivity contribution in [3.8, 4) is 0 Å². The van der Waals surface area contributed by atoms with Crippen molar-refractivity contribution in [2.45, 2.75) is 13.8 Å². The molecule has 0 bridgehead atoms. The summed E-state index contributed by atoms with van der Waals surface area (Å²) < 4.78 is 14.0. The average molecular weight is 215 g/mol. The van der Waals surface area contributed by atoms with Crippen LogP contribution in [0.2, 0.25) is 0 Å². The van der Waals surface area contributed by atoms with Crippen LogP contribution in [-0.4, -0.2) is 0 Å². The Hall–Kier alpha value is -1.83. The van der Waals surface area contributed by atoms with Crippen molar-refractivity contribution in [3.05, 3.63) is 59.7 Å². The van der Waals surface area contributed by atoms with E-state index in [1.54, 1.807) is 18.2 Å². The second-order valence-electron chi connectivity index (χ2n) is 3.96. The molecule has 16 heavy (non-hydrogen) atoms. The summed E-state index contributed by atoms with van der Waals surface area (Å²) in [6.07, 6.45) is 0. The summed E-state index contributed by atoms with van der Waals surface area (Å²) in [5.41, 5.74) is 3.29. The molecule has 0 aliphatic carbocycles. The Morgan fingerprint density at radius 3 is 2.12 bits per heavy atom. The maximum absolute atomic E-state index is 14.0. The second kappa shape index (κ2) is 4.35. The van der Waals surface area contributed by atoms with Gasteiger partial charge in [-0.25, -0.2) is 0 Å². The van der Waals surface area contributed by atoms with Crippen molar-refractivity contribution >= 4 is 11.4 Å². The van der Waals surface area contributed by atoms with Gasteiger partial charge in [-0.3, -0.25) is 0 Å². The number of halogens is 1. The minimum Gasteiger partial charge on any atom is -0.180 e. The van der Waals surface area contributed by atoms with Gasteiger partial charge in [-0.2, -0.15) is 5.12 Å². The van der Waals surface area contributed by atoms with Gasteiger partial charge in [0, 0.05) is 0 Å². The minimum atomic E-state index is 0.552. The van der Waals surface area contributed by atoms with E-state index in [0.717, 1.165) is 11.1 Å². The SMILES string of the molecule is Cc1ccc(N(F)c2cccc(C)c2)cc1. The molecule has 2 rings (SSSR count). The third kappa shape index (κ3) is 2.22. The number of hydrogen-bond acceptors (Lipinski definition) is 1. The standard InChI is InChI=1S/C14H14FN/c1-11-6-8-13(9-7-11)16(15)14-5-3-4-12(2)10-14/h3-10H,1-2H3. The molecule has 2 heteroatoms. The second-order valence-corrected chi connectivity index (χ2v) is 3.96. The van der Waals surface area contributed by atoms with Gasteiger partial charge in [-0.05, 0) is 43.7 Å². The predicted molar refractivity (Wildman–Crippen MR) is 65.6 cm³/mol. The van der Waals surface area contributed by atoms with Crippen LogP contribution in [0.5, 0.6) is 0 Å². The molecule has 0 aliphatic heterocycles. The van der Waals surface area contributed by atoms with Crippen molar-refractivity contribution in [2.24, 2.45) is 0 Å². The first kappa shape index (κ1) is 10.7. The smallest absolute Gasteiger partial charge is 0.0749 e. The molecule has 0 heterocycles. The quantitative estimate of drug-likeness (QED) is 0.674. The number of anilines is 2. The van der Waals surface area contributed by atoms with Gasteiger partial charge in [0.25, 0.3) is 0 Å². The lowest BCUT2D eigenvalue weighted by atomic mass is 10.2. The summed E-state index contributed by atoms with van der Waals surface area (Å²) in [7, 11) is 0. The van der Waals surface area contributed by atoms with Gasteiger partial charge in [0.1, 0.15) is 0 Å². The lowest BCUT2D eigenvalue weighted by molar-refractivity contribution is 0.505. The largest absolute Gasteiger partial charge is 0.180 e. The fourth-order valence-corrected chi connectivity index (χ4v) is 1.57. The van der Waals surface area contributed by atoms with E-state index in [2.05, 4.69) is 0 Å². The van der Waals surface area contributed by atoms with Crippen LogP contribution in [0.3, 0.4) is 0 Å². The first-order chi connectivity index (χ1) is 7.66. The third-order valence-electron chi connectivity index (χ3n) is 2.49. The summed E-state index contributed by atoms with van der Waals surface area (Å²) in [6, 6.07) is 14.7. The Morgan fingerprint density at radius 1 is 0.812 bits per heavy atom. The summed E-state index contributed by atoms with van der Waals surface area (Å²) >= 11 is 0. The van der Waals surface area contributed by atoms with Crippen molar-refractivity contribution in [2.75, 3.05) is 5.12 Å². The molecule has 0 amide bonds. The van der Waals surface area contributed by atoms with E-state index in [9.17, 15) is 4.48 Å². The first-order valence-corrected chi connectivity index (χ1v) is 5.26. The number of benzene rings is 2. The highest BCUT2D eigenvalue weighted by atomic mass is 19.2. The summed E-state index contributed by atoms with van der Waals surface area (Å²) in [5.74, 6) is 0. The van der Waals surface area contributed by atoms with Crippen LogP contribution in [0.15, 0.2) is 48.5 Å². The molecular formula is C14H14FN. The van der Waals surface area contributed by atoms with Crippen LogP contribution in [0.1, 0.15) is 11.1 Å². The van der Waals surface area contributed by atoms with Crippen molar-refractivity contribution < 1.29 is 4.48 Å². The summed E-state index contributed by atoms with van der Waals surface area (Å²) in [6.45, 7) is 3.94. The van der Waals surface area contributed by atoms with Crippen molar-refractivity contribution in [1.29, 1.82) is 0 Å². The zero-order valence-electron chi connectivity index (χ0n) is 9.44. The van der Waals surface area contributed by atoms with Crippen LogP contribution in [0.25, 0.3) is 0 Å². The molecule has 2 aromatic rings. The number of rotatable bonds is 2. The van der Waals surface area contributed by atoms with E-state index in [1.807, 2.05) is 44.2 Å². The maximum Gasteiger partial charge on any atom is 0.0749 e. The van der Waals surface area contributed by atoms with E-state index in [4.69, 9.17) is 0 Å². The molecule has 2 aromatic carbocycles. The highest BCUT2D eigenvalue weighted by Gasteiger charge is 2.07. The average Bonchev–Trinajstić information content (AvgIpc) is 2.29. The minimum absolute atomic E-state index is 0.552. The van der Waals surface area contributed by atoms with E-state index < -0.39 is 0 Å². The zero-order chi connectivity index (χ0) is 11.5. The first-order valence-electron chi connectivity index (χ1n) is 5.26. The van der Waals surface area contributed by atoms with E-state index in [0.29, 0.717) is 16.5 Å². The van der Waals surface area contributed by atoms with Crippen LogP contribution in [0.4, 0.5) is 15.9 Å². The Balaban J connectivity index is 2.31. The summed E-state index contributed by atoms with van der Waals surface area (Å²) in [5, 5.41) is 0.701. The maximum atomic E-state index is 14.0. The molecule has 0 radical (unpaired) electrons. The van der Waals surface area contributed by atoms with Gasteiger partial charge in [0.15, 0.2) is 0 Å². The van der Waals surface area contributed by atoms with E-state index >= 15 is 0 Å². The molecular weight excluding hydrogens is 201 g/mol. The highest BCUT2D eigenvalue weighted by Crippen LogP contribution is 2.26. The molecule has 0 fully saturated rings. The Labute approximate surface area is 95.1 Å². The van der Waals surface area contributed by atoms with Crippen molar-refractivity contribution in [1.82, 2.24) is 0 Å². The molecule has 82 valence electrons. The molecule has 0 saturated heterocycles. The number of aryl methyl sites for hydroxylation is 2. The molecule has 0 spiro atoms. The lowest BCUT2D eigenvalue weighted by Crippen LogP contribution is -2.03. The number of nitrogens with zero attached hydrogens (tertiary/aromatic N) is 1. The predicted octanol–water partition coefficient (Wildman–Crippen LogP) is 4.33. The normalized spacial score (nSPS) is 10.2. The van der Waals surface area contributed by atoms with E-state index in [1.165, 1.54) is 0 Å². The number of hydrogen-bond donors (Lipinski definition) is 0. The van der Waals surface area contributed by atoms with E-state index in [-0.39, 0.29) is 0 Å². The fourth-order valence-electron chi connectivity index (χ4n) is 1.57. The Bertz CT molecular complexity index is 476. The Kier molecular flexibility index (Phi) is 2.91. The Morgan fingerprint density at radius 2 is 1.50 bits per heavy atom. The van der Waals surface area contributed by atoms with Gasteiger partial charge >= 0.3 is 0 Å². The van der Waals surface area contributed by atoms with Crippen LogP contribution < -0.4 is 5.12 Å². The third-order valence-corrected chi connectivity index (χ3v) is 2.49. The van der Waals surface area contributed by atoms with Gasteiger partial charge in [0.2, 0.25) is 0 Å². The van der Waals surface area contributed by atoms with Crippen LogP contribution >= 0.6 is 0 Å². The topological polar surface area (TPSA) is 3.24 Å². The van der Waals surface area contributed by atoms with Gasteiger partial charge in [0.05, 0.1) is 11.4 Å². The molecule has 0 saturated carbocycles. The van der Waals surface area contributed by atoms with Crippen LogP contribution in [-0.2, 0) is 0 Å².